The third-order valence-electron chi connectivity index (χ3n) is 2.05. The maximum absolute atomic E-state index is 5.81. The van der Waals surface area contributed by atoms with Crippen molar-refractivity contribution in [1.29, 1.82) is 0 Å². The molecule has 5 heteroatoms. The molecule has 1 aromatic rings. The van der Waals surface area contributed by atoms with Gasteiger partial charge in [-0.05, 0) is 18.5 Å². The van der Waals surface area contributed by atoms with Gasteiger partial charge in [-0.2, -0.15) is 0 Å². The van der Waals surface area contributed by atoms with Gasteiger partial charge in [0.25, 0.3) is 0 Å². The van der Waals surface area contributed by atoms with E-state index in [4.69, 9.17) is 10.5 Å². The van der Waals surface area contributed by atoms with E-state index in [0.29, 0.717) is 12.4 Å². The van der Waals surface area contributed by atoms with Gasteiger partial charge in [0.1, 0.15) is 22.6 Å². The summed E-state index contributed by atoms with van der Waals surface area (Å²) in [7, 11) is 1.90. The Hall–Kier alpha value is -1.07. The SMILES string of the molecule is CNCC1CN=C(N)c2sccc2O1. The first-order valence-corrected chi connectivity index (χ1v) is 5.38. The number of nitrogens with zero attached hydrogens (tertiary/aromatic N) is 1. The van der Waals surface area contributed by atoms with Gasteiger partial charge in [0.2, 0.25) is 0 Å². The maximum Gasteiger partial charge on any atom is 0.141 e. The second kappa shape index (κ2) is 3.98. The molecule has 76 valence electrons. The standard InChI is InChI=1S/C9H13N3OS/c1-11-4-6-5-12-9(10)8-7(13-6)2-3-14-8/h2-3,6,11H,4-5H2,1H3,(H2,10,12). The van der Waals surface area contributed by atoms with Gasteiger partial charge in [-0.3, -0.25) is 4.99 Å². The third kappa shape index (κ3) is 1.73. The molecule has 0 aliphatic carbocycles. The van der Waals surface area contributed by atoms with Crippen LogP contribution in [0.25, 0.3) is 0 Å². The molecule has 2 heterocycles. The number of amidine groups is 1. The van der Waals surface area contributed by atoms with Crippen molar-refractivity contribution in [2.24, 2.45) is 10.7 Å². The highest BCUT2D eigenvalue weighted by Crippen LogP contribution is 2.27. The quantitative estimate of drug-likeness (QED) is 0.746. The summed E-state index contributed by atoms with van der Waals surface area (Å²) < 4.78 is 5.76. The lowest BCUT2D eigenvalue weighted by Gasteiger charge is -2.14. The van der Waals surface area contributed by atoms with E-state index >= 15 is 0 Å². The molecule has 1 atom stereocenters. The predicted octanol–water partition coefficient (Wildman–Crippen LogP) is 0.434. The molecule has 0 radical (unpaired) electrons. The van der Waals surface area contributed by atoms with E-state index < -0.39 is 0 Å². The summed E-state index contributed by atoms with van der Waals surface area (Å²) in [5, 5.41) is 5.04. The number of likely N-dealkylation sites (N-methyl/N-ethyl adjacent to an activating group) is 1. The molecule has 1 unspecified atom stereocenters. The van der Waals surface area contributed by atoms with Crippen molar-refractivity contribution < 1.29 is 4.74 Å². The average molecular weight is 211 g/mol. The van der Waals surface area contributed by atoms with Crippen LogP contribution in [0.5, 0.6) is 5.75 Å². The fourth-order valence-corrected chi connectivity index (χ4v) is 2.15. The summed E-state index contributed by atoms with van der Waals surface area (Å²) in [6, 6.07) is 1.94. The molecule has 2 rings (SSSR count). The molecule has 0 amide bonds. The van der Waals surface area contributed by atoms with Crippen molar-refractivity contribution in [1.82, 2.24) is 5.32 Å². The normalized spacial score (nSPS) is 20.6. The van der Waals surface area contributed by atoms with Crippen LogP contribution in [0.1, 0.15) is 4.88 Å². The van der Waals surface area contributed by atoms with E-state index in [2.05, 4.69) is 10.3 Å². The monoisotopic (exact) mass is 211 g/mol. The lowest BCUT2D eigenvalue weighted by atomic mass is 10.3. The molecule has 1 aliphatic heterocycles. The van der Waals surface area contributed by atoms with Gasteiger partial charge in [0, 0.05) is 6.54 Å². The minimum Gasteiger partial charge on any atom is -0.486 e. The molecule has 0 aromatic carbocycles. The van der Waals surface area contributed by atoms with Crippen molar-refractivity contribution in [2.45, 2.75) is 6.10 Å². The van der Waals surface area contributed by atoms with Gasteiger partial charge in [0.05, 0.1) is 6.54 Å². The molecule has 4 nitrogen and oxygen atoms in total. The number of fused-ring (bicyclic) bond motifs is 1. The van der Waals surface area contributed by atoms with Gasteiger partial charge in [-0.1, -0.05) is 0 Å². The fraction of sp³-hybridized carbons (Fsp3) is 0.444. The predicted molar refractivity (Wildman–Crippen MR) is 58.3 cm³/mol. The van der Waals surface area contributed by atoms with Gasteiger partial charge in [-0.15, -0.1) is 11.3 Å². The Kier molecular flexibility index (Phi) is 2.69. The summed E-state index contributed by atoms with van der Waals surface area (Å²) >= 11 is 1.57. The van der Waals surface area contributed by atoms with Crippen LogP contribution >= 0.6 is 11.3 Å². The van der Waals surface area contributed by atoms with Crippen LogP contribution in [0.4, 0.5) is 0 Å². The topological polar surface area (TPSA) is 59.6 Å². The fourth-order valence-electron chi connectivity index (χ4n) is 1.40. The number of rotatable bonds is 2. The number of hydrogen-bond acceptors (Lipinski definition) is 5. The number of hydrogen-bond donors (Lipinski definition) is 2. The Morgan fingerprint density at radius 1 is 1.79 bits per heavy atom. The summed E-state index contributed by atoms with van der Waals surface area (Å²) in [5.74, 6) is 1.45. The van der Waals surface area contributed by atoms with Crippen LogP contribution in [0, 0.1) is 0 Å². The molecule has 3 N–H and O–H groups in total. The second-order valence-corrected chi connectivity index (χ2v) is 4.05. The molecule has 0 saturated carbocycles. The van der Waals surface area contributed by atoms with Crippen LogP contribution in [0.15, 0.2) is 16.4 Å². The van der Waals surface area contributed by atoms with E-state index in [9.17, 15) is 0 Å². The lowest BCUT2D eigenvalue weighted by Crippen LogP contribution is -2.31. The zero-order chi connectivity index (χ0) is 9.97. The minimum absolute atomic E-state index is 0.0781. The molecule has 0 fully saturated rings. The van der Waals surface area contributed by atoms with Crippen LogP contribution in [0.2, 0.25) is 0 Å². The Balaban J connectivity index is 2.24. The second-order valence-electron chi connectivity index (χ2n) is 3.14. The zero-order valence-electron chi connectivity index (χ0n) is 7.99. The van der Waals surface area contributed by atoms with Crippen LogP contribution in [0.3, 0.4) is 0 Å². The number of nitrogens with one attached hydrogen (secondary N) is 1. The van der Waals surface area contributed by atoms with Gasteiger partial charge in [0.15, 0.2) is 0 Å². The van der Waals surface area contributed by atoms with E-state index in [1.165, 1.54) is 0 Å². The highest BCUT2D eigenvalue weighted by Gasteiger charge is 2.18. The molecule has 0 spiro atoms. The summed E-state index contributed by atoms with van der Waals surface area (Å²) in [6.45, 7) is 1.40. The zero-order valence-corrected chi connectivity index (χ0v) is 8.80. The van der Waals surface area contributed by atoms with Crippen molar-refractivity contribution in [3.63, 3.8) is 0 Å². The average Bonchev–Trinajstić information content (AvgIpc) is 2.57. The van der Waals surface area contributed by atoms with E-state index in [1.54, 1.807) is 11.3 Å². The number of aliphatic imine (C=N–C) groups is 1. The Morgan fingerprint density at radius 3 is 3.43 bits per heavy atom. The largest absolute Gasteiger partial charge is 0.486 e. The Bertz CT molecular complexity index is 348. The maximum atomic E-state index is 5.81. The summed E-state index contributed by atoms with van der Waals surface area (Å²) in [4.78, 5) is 5.22. The molecule has 0 bridgehead atoms. The Labute approximate surface area is 86.8 Å². The number of nitrogens with two attached hydrogens (primary N) is 1. The molecule has 1 aliphatic rings. The smallest absolute Gasteiger partial charge is 0.141 e. The lowest BCUT2D eigenvalue weighted by molar-refractivity contribution is 0.212. The van der Waals surface area contributed by atoms with Gasteiger partial charge in [-0.25, -0.2) is 0 Å². The first-order chi connectivity index (χ1) is 6.81. The Morgan fingerprint density at radius 2 is 2.64 bits per heavy atom. The summed E-state index contributed by atoms with van der Waals surface area (Å²) in [5.41, 5.74) is 5.81. The van der Waals surface area contributed by atoms with Crippen molar-refractivity contribution in [3.8, 4) is 5.75 Å². The van der Waals surface area contributed by atoms with Crippen LogP contribution in [-0.2, 0) is 0 Å². The number of thiophene rings is 1. The van der Waals surface area contributed by atoms with Gasteiger partial charge < -0.3 is 15.8 Å². The van der Waals surface area contributed by atoms with E-state index in [1.807, 2.05) is 18.5 Å². The van der Waals surface area contributed by atoms with Crippen molar-refractivity contribution in [3.05, 3.63) is 16.3 Å². The summed E-state index contributed by atoms with van der Waals surface area (Å²) in [6.07, 6.45) is 0.0781. The highest BCUT2D eigenvalue weighted by molar-refractivity contribution is 7.12. The number of ether oxygens (including phenoxy) is 1. The van der Waals surface area contributed by atoms with E-state index in [0.717, 1.165) is 17.2 Å². The van der Waals surface area contributed by atoms with Crippen LogP contribution < -0.4 is 15.8 Å². The first-order valence-electron chi connectivity index (χ1n) is 4.50. The van der Waals surface area contributed by atoms with E-state index in [-0.39, 0.29) is 6.10 Å². The highest BCUT2D eigenvalue weighted by atomic mass is 32.1. The molecule has 1 aromatic heterocycles. The van der Waals surface area contributed by atoms with Crippen LogP contribution in [-0.4, -0.2) is 32.1 Å². The van der Waals surface area contributed by atoms with Crippen molar-refractivity contribution in [2.75, 3.05) is 20.1 Å². The third-order valence-corrected chi connectivity index (χ3v) is 2.97. The molecule has 0 saturated heterocycles. The minimum atomic E-state index is 0.0781. The van der Waals surface area contributed by atoms with Gasteiger partial charge >= 0.3 is 0 Å². The molecular weight excluding hydrogens is 198 g/mol. The molecular formula is C9H13N3OS. The molecule has 14 heavy (non-hydrogen) atoms. The first kappa shape index (κ1) is 9.48. The van der Waals surface area contributed by atoms with Crippen molar-refractivity contribution >= 4 is 17.2 Å².